The van der Waals surface area contributed by atoms with Crippen LogP contribution in [0.5, 0.6) is 0 Å². The lowest BCUT2D eigenvalue weighted by molar-refractivity contribution is -0.122. The Hall–Kier alpha value is -1.92. The summed E-state index contributed by atoms with van der Waals surface area (Å²) in [4.78, 5) is 11.7. The minimum atomic E-state index is -0.264. The lowest BCUT2D eigenvalue weighted by Gasteiger charge is -2.13. The van der Waals surface area contributed by atoms with E-state index in [1.165, 1.54) is 0 Å². The van der Waals surface area contributed by atoms with Crippen LogP contribution in [-0.4, -0.2) is 30.9 Å². The molecule has 1 aromatic rings. The van der Waals surface area contributed by atoms with Gasteiger partial charge in [0.05, 0.1) is 6.04 Å². The molecule has 1 unspecified atom stereocenters. The second-order valence-electron chi connectivity index (χ2n) is 4.29. The van der Waals surface area contributed by atoms with Crippen LogP contribution in [0.2, 0.25) is 0 Å². The zero-order valence-electron chi connectivity index (χ0n) is 11.1. The lowest BCUT2D eigenvalue weighted by Crippen LogP contribution is -2.43. The first-order valence-corrected chi connectivity index (χ1v) is 6.19. The van der Waals surface area contributed by atoms with E-state index in [-0.39, 0.29) is 17.8 Å². The summed E-state index contributed by atoms with van der Waals surface area (Å²) in [6, 6.07) is 6.95. The van der Waals surface area contributed by atoms with Crippen molar-refractivity contribution in [1.82, 2.24) is 10.6 Å². The molecule has 0 aromatic heterocycles. The maximum atomic E-state index is 11.7. The van der Waals surface area contributed by atoms with Gasteiger partial charge in [-0.1, -0.05) is 24.3 Å². The van der Waals surface area contributed by atoms with Crippen molar-refractivity contribution in [2.45, 2.75) is 19.5 Å². The van der Waals surface area contributed by atoms with Gasteiger partial charge in [-0.05, 0) is 12.5 Å². The largest absolute Gasteiger partial charge is 0.384 e. The molecule has 0 saturated carbocycles. The van der Waals surface area contributed by atoms with Crippen molar-refractivity contribution >= 4 is 11.7 Å². The highest BCUT2D eigenvalue weighted by atomic mass is 16.2. The summed E-state index contributed by atoms with van der Waals surface area (Å²) in [5, 5.41) is 13.1. The smallest absolute Gasteiger partial charge is 0.237 e. The number of rotatable bonds is 7. The average molecular weight is 263 g/mol. The maximum absolute atomic E-state index is 11.7. The van der Waals surface area contributed by atoms with Gasteiger partial charge in [0.15, 0.2) is 0 Å². The molecule has 1 aromatic carbocycles. The molecular formula is C13H21N5O. The molecule has 19 heavy (non-hydrogen) atoms. The number of amidine groups is 1. The van der Waals surface area contributed by atoms with Crippen molar-refractivity contribution in [3.63, 3.8) is 0 Å². The molecular weight excluding hydrogens is 242 g/mol. The lowest BCUT2D eigenvalue weighted by atomic mass is 10.1. The van der Waals surface area contributed by atoms with Crippen LogP contribution in [0.1, 0.15) is 18.1 Å². The molecule has 0 saturated heterocycles. The van der Waals surface area contributed by atoms with E-state index >= 15 is 0 Å². The average Bonchev–Trinajstić information content (AvgIpc) is 2.42. The Morgan fingerprint density at radius 1 is 1.37 bits per heavy atom. The molecule has 0 aliphatic heterocycles. The van der Waals surface area contributed by atoms with Gasteiger partial charge in [0, 0.05) is 25.2 Å². The van der Waals surface area contributed by atoms with Gasteiger partial charge in [-0.25, -0.2) is 0 Å². The van der Waals surface area contributed by atoms with E-state index in [1.807, 2.05) is 12.1 Å². The highest BCUT2D eigenvalue weighted by Crippen LogP contribution is 2.03. The molecule has 1 atom stereocenters. The van der Waals surface area contributed by atoms with E-state index in [0.717, 1.165) is 5.56 Å². The molecule has 1 rings (SSSR count). The minimum Gasteiger partial charge on any atom is -0.384 e. The number of benzene rings is 1. The Kier molecular flexibility index (Phi) is 5.98. The van der Waals surface area contributed by atoms with Crippen LogP contribution in [0, 0.1) is 5.41 Å². The maximum Gasteiger partial charge on any atom is 0.237 e. The van der Waals surface area contributed by atoms with Crippen LogP contribution in [0.25, 0.3) is 0 Å². The molecule has 0 radical (unpaired) electrons. The molecule has 0 heterocycles. The summed E-state index contributed by atoms with van der Waals surface area (Å²) >= 11 is 0. The zero-order valence-corrected chi connectivity index (χ0v) is 11.1. The fourth-order valence-electron chi connectivity index (χ4n) is 1.54. The van der Waals surface area contributed by atoms with Crippen molar-refractivity contribution in [3.05, 3.63) is 35.4 Å². The second-order valence-corrected chi connectivity index (χ2v) is 4.29. The number of carbonyl (C=O) groups is 1. The Labute approximate surface area is 113 Å². The summed E-state index contributed by atoms with van der Waals surface area (Å²) in [6.45, 7) is 3.36. The van der Waals surface area contributed by atoms with E-state index in [1.54, 1.807) is 19.1 Å². The minimum absolute atomic E-state index is 0.0372. The summed E-state index contributed by atoms with van der Waals surface area (Å²) in [5.74, 6) is -0.0284. The Balaban J connectivity index is 2.43. The van der Waals surface area contributed by atoms with E-state index in [9.17, 15) is 4.79 Å². The number of nitrogen functional groups attached to an aromatic ring is 1. The van der Waals surface area contributed by atoms with E-state index in [2.05, 4.69) is 10.6 Å². The fraction of sp³-hybridized carbons (Fsp3) is 0.385. The summed E-state index contributed by atoms with van der Waals surface area (Å²) in [5.41, 5.74) is 12.4. The molecule has 6 nitrogen and oxygen atoms in total. The fourth-order valence-corrected chi connectivity index (χ4v) is 1.54. The van der Waals surface area contributed by atoms with Gasteiger partial charge in [0.2, 0.25) is 5.91 Å². The number of amides is 1. The highest BCUT2D eigenvalue weighted by Gasteiger charge is 2.10. The third-order valence-electron chi connectivity index (χ3n) is 2.72. The van der Waals surface area contributed by atoms with Crippen LogP contribution >= 0.6 is 0 Å². The molecule has 6 heteroatoms. The molecule has 0 spiro atoms. The highest BCUT2D eigenvalue weighted by molar-refractivity contribution is 5.94. The molecule has 0 bridgehead atoms. The summed E-state index contributed by atoms with van der Waals surface area (Å²) in [7, 11) is 0. The van der Waals surface area contributed by atoms with Crippen LogP contribution in [-0.2, 0) is 11.3 Å². The van der Waals surface area contributed by atoms with Gasteiger partial charge in [-0.3, -0.25) is 10.2 Å². The molecule has 1 amide bonds. The number of hydrogen-bond donors (Lipinski definition) is 5. The summed E-state index contributed by atoms with van der Waals surface area (Å²) in [6.07, 6.45) is 0. The molecule has 0 aliphatic rings. The van der Waals surface area contributed by atoms with Crippen LogP contribution < -0.4 is 22.1 Å². The van der Waals surface area contributed by atoms with Gasteiger partial charge in [-0.15, -0.1) is 0 Å². The first-order valence-electron chi connectivity index (χ1n) is 6.19. The van der Waals surface area contributed by atoms with E-state index < -0.39 is 0 Å². The second kappa shape index (κ2) is 7.50. The van der Waals surface area contributed by atoms with Crippen LogP contribution in [0.4, 0.5) is 0 Å². The monoisotopic (exact) mass is 263 g/mol. The first kappa shape index (κ1) is 15.1. The van der Waals surface area contributed by atoms with E-state index in [0.29, 0.717) is 25.2 Å². The van der Waals surface area contributed by atoms with Gasteiger partial charge >= 0.3 is 0 Å². The Morgan fingerprint density at radius 2 is 2.00 bits per heavy atom. The van der Waals surface area contributed by atoms with E-state index in [4.69, 9.17) is 16.9 Å². The quantitative estimate of drug-likeness (QED) is 0.337. The summed E-state index contributed by atoms with van der Waals surface area (Å²) < 4.78 is 0. The number of nitrogens with two attached hydrogens (primary N) is 2. The SMILES string of the molecule is CC(NCCN)C(=O)NCc1ccc(C(=N)N)cc1. The topological polar surface area (TPSA) is 117 Å². The Bertz CT molecular complexity index is 429. The van der Waals surface area contributed by atoms with Gasteiger partial charge in [0.25, 0.3) is 0 Å². The predicted molar refractivity (Wildman–Crippen MR) is 75.8 cm³/mol. The third-order valence-corrected chi connectivity index (χ3v) is 2.72. The van der Waals surface area contributed by atoms with Gasteiger partial charge < -0.3 is 22.1 Å². The van der Waals surface area contributed by atoms with Crippen molar-refractivity contribution in [3.8, 4) is 0 Å². The number of carbonyl (C=O) groups excluding carboxylic acids is 1. The van der Waals surface area contributed by atoms with Gasteiger partial charge in [0.1, 0.15) is 5.84 Å². The number of nitrogens with one attached hydrogen (secondary N) is 3. The Morgan fingerprint density at radius 3 is 2.53 bits per heavy atom. The predicted octanol–water partition coefficient (Wildman–Crippen LogP) is -0.476. The van der Waals surface area contributed by atoms with Crippen LogP contribution in [0.3, 0.4) is 0 Å². The first-order chi connectivity index (χ1) is 9.04. The van der Waals surface area contributed by atoms with Crippen molar-refractivity contribution in [1.29, 1.82) is 5.41 Å². The van der Waals surface area contributed by atoms with Crippen molar-refractivity contribution < 1.29 is 4.79 Å². The van der Waals surface area contributed by atoms with Crippen molar-refractivity contribution in [2.24, 2.45) is 11.5 Å². The third kappa shape index (κ3) is 5.07. The van der Waals surface area contributed by atoms with Crippen molar-refractivity contribution in [2.75, 3.05) is 13.1 Å². The standard InChI is InChI=1S/C13H21N5O/c1-9(17-7-6-14)13(19)18-8-10-2-4-11(5-3-10)12(15)16/h2-5,9,17H,6-8,14H2,1H3,(H3,15,16)(H,18,19). The molecule has 0 aliphatic carbocycles. The normalized spacial score (nSPS) is 11.9. The van der Waals surface area contributed by atoms with Gasteiger partial charge in [-0.2, -0.15) is 0 Å². The molecule has 0 fully saturated rings. The van der Waals surface area contributed by atoms with Crippen LogP contribution in [0.15, 0.2) is 24.3 Å². The number of hydrogen-bond acceptors (Lipinski definition) is 4. The molecule has 7 N–H and O–H groups in total. The zero-order chi connectivity index (χ0) is 14.3. The molecule has 104 valence electrons.